The Hall–Kier alpha value is -1.88. The van der Waals surface area contributed by atoms with Gasteiger partial charge in [0.15, 0.2) is 11.7 Å². The molecule has 1 aromatic rings. The Morgan fingerprint density at radius 1 is 1.06 bits per heavy atom. The minimum Gasteiger partial charge on any atom is -0.303 e. The number of fused-ring (bicyclic) bond motifs is 1. The van der Waals surface area contributed by atoms with Gasteiger partial charge in [0.1, 0.15) is 0 Å². The Balaban J connectivity index is 2.42. The molecule has 0 saturated heterocycles. The number of hydrogen-bond donors (Lipinski definition) is 1. The second-order valence-corrected chi connectivity index (χ2v) is 4.28. The molecule has 0 aromatic heterocycles. The quantitative estimate of drug-likeness (QED) is 0.763. The molecule has 0 atom stereocenters. The Morgan fingerprint density at radius 2 is 1.71 bits per heavy atom. The predicted molar refractivity (Wildman–Crippen MR) is 70.0 cm³/mol. The standard InChI is InChI=1S/C12H17N5/c1-16(2)14-11-9-7-5-6-8-10(9)12(13-11)15-17(3)4/h5-8H,1-4H3,(H,13,14,15). The van der Waals surface area contributed by atoms with Gasteiger partial charge in [-0.25, -0.2) is 10.0 Å². The van der Waals surface area contributed by atoms with Crippen LogP contribution in [-0.2, 0) is 0 Å². The van der Waals surface area contributed by atoms with Gasteiger partial charge in [0.25, 0.3) is 0 Å². The van der Waals surface area contributed by atoms with Gasteiger partial charge in [-0.3, -0.25) is 0 Å². The zero-order valence-corrected chi connectivity index (χ0v) is 10.6. The maximum absolute atomic E-state index is 4.51. The average Bonchev–Trinajstić information content (AvgIpc) is 2.56. The number of hydrazine groups is 1. The van der Waals surface area contributed by atoms with Crippen molar-refractivity contribution in [2.24, 2.45) is 10.1 Å². The highest BCUT2D eigenvalue weighted by molar-refractivity contribution is 6.22. The van der Waals surface area contributed by atoms with Gasteiger partial charge in [-0.1, -0.05) is 24.3 Å². The van der Waals surface area contributed by atoms with Gasteiger partial charge in [-0.05, 0) is 0 Å². The third kappa shape index (κ3) is 2.45. The van der Waals surface area contributed by atoms with Crippen LogP contribution >= 0.6 is 0 Å². The molecule has 1 aliphatic rings. The summed E-state index contributed by atoms with van der Waals surface area (Å²) in [5.41, 5.74) is 5.33. The van der Waals surface area contributed by atoms with Crippen LogP contribution in [0.4, 0.5) is 0 Å². The summed E-state index contributed by atoms with van der Waals surface area (Å²) in [7, 11) is 7.66. The van der Waals surface area contributed by atoms with E-state index in [-0.39, 0.29) is 0 Å². The van der Waals surface area contributed by atoms with Crippen molar-refractivity contribution in [3.63, 3.8) is 0 Å². The molecule has 0 aliphatic carbocycles. The molecule has 1 aromatic carbocycles. The number of benzene rings is 1. The van der Waals surface area contributed by atoms with Crippen molar-refractivity contribution < 1.29 is 0 Å². The van der Waals surface area contributed by atoms with E-state index in [2.05, 4.69) is 15.5 Å². The second kappa shape index (κ2) is 4.55. The monoisotopic (exact) mass is 231 g/mol. The van der Waals surface area contributed by atoms with E-state index in [0.717, 1.165) is 22.8 Å². The van der Waals surface area contributed by atoms with Crippen molar-refractivity contribution in [1.82, 2.24) is 15.4 Å². The van der Waals surface area contributed by atoms with Crippen LogP contribution in [0.1, 0.15) is 11.1 Å². The zero-order valence-electron chi connectivity index (χ0n) is 10.6. The third-order valence-electron chi connectivity index (χ3n) is 2.27. The second-order valence-electron chi connectivity index (χ2n) is 4.28. The van der Waals surface area contributed by atoms with E-state index in [0.29, 0.717) is 0 Å². The van der Waals surface area contributed by atoms with E-state index >= 15 is 0 Å². The molecule has 1 heterocycles. The molecule has 1 N–H and O–H groups in total. The minimum atomic E-state index is 0.745. The van der Waals surface area contributed by atoms with Crippen LogP contribution in [0.2, 0.25) is 0 Å². The summed E-state index contributed by atoms with van der Waals surface area (Å²) in [6.45, 7) is 0. The van der Waals surface area contributed by atoms with E-state index in [4.69, 9.17) is 0 Å². The van der Waals surface area contributed by atoms with E-state index in [1.807, 2.05) is 57.5 Å². The lowest BCUT2D eigenvalue weighted by Gasteiger charge is -2.13. The van der Waals surface area contributed by atoms with Crippen molar-refractivity contribution in [3.05, 3.63) is 35.4 Å². The van der Waals surface area contributed by atoms with Crippen molar-refractivity contribution >= 4 is 11.7 Å². The van der Waals surface area contributed by atoms with Gasteiger partial charge >= 0.3 is 0 Å². The Morgan fingerprint density at radius 3 is 2.29 bits per heavy atom. The Bertz CT molecular complexity index is 474. The summed E-state index contributed by atoms with van der Waals surface area (Å²) in [6, 6.07) is 8.08. The summed E-state index contributed by atoms with van der Waals surface area (Å²) in [5.74, 6) is 1.58. The number of nitrogens with one attached hydrogen (secondary N) is 1. The SMILES string of the molecule is CN(C)/N=C1\N=C(NN(C)C)c2ccccc21. The van der Waals surface area contributed by atoms with Crippen molar-refractivity contribution in [3.8, 4) is 0 Å². The number of amidine groups is 2. The zero-order chi connectivity index (χ0) is 12.4. The first-order valence-electron chi connectivity index (χ1n) is 5.46. The fourth-order valence-electron chi connectivity index (χ4n) is 1.67. The van der Waals surface area contributed by atoms with Crippen LogP contribution < -0.4 is 5.43 Å². The van der Waals surface area contributed by atoms with Gasteiger partial charge in [0.05, 0.1) is 0 Å². The molecular weight excluding hydrogens is 214 g/mol. The van der Waals surface area contributed by atoms with Gasteiger partial charge < -0.3 is 10.4 Å². The molecule has 90 valence electrons. The summed E-state index contributed by atoms with van der Waals surface area (Å²) in [5, 5.41) is 8.01. The number of nitrogens with zero attached hydrogens (tertiary/aromatic N) is 4. The fraction of sp³-hybridized carbons (Fsp3) is 0.333. The molecule has 5 nitrogen and oxygen atoms in total. The molecular formula is C12H17N5. The van der Waals surface area contributed by atoms with Crippen LogP contribution in [0.25, 0.3) is 0 Å². The van der Waals surface area contributed by atoms with Gasteiger partial charge in [0, 0.05) is 39.3 Å². The largest absolute Gasteiger partial charge is 0.303 e. The molecule has 0 unspecified atom stereocenters. The van der Waals surface area contributed by atoms with Crippen LogP contribution in [0.5, 0.6) is 0 Å². The molecule has 0 radical (unpaired) electrons. The lowest BCUT2D eigenvalue weighted by Crippen LogP contribution is -2.36. The molecule has 0 amide bonds. The van der Waals surface area contributed by atoms with E-state index in [1.165, 1.54) is 0 Å². The molecule has 0 saturated carbocycles. The normalized spacial score (nSPS) is 16.1. The van der Waals surface area contributed by atoms with Crippen LogP contribution in [0, 0.1) is 0 Å². The molecule has 1 aliphatic heterocycles. The summed E-state index contributed by atoms with van der Waals surface area (Å²) >= 11 is 0. The van der Waals surface area contributed by atoms with Crippen LogP contribution in [0.3, 0.4) is 0 Å². The molecule has 17 heavy (non-hydrogen) atoms. The van der Waals surface area contributed by atoms with Crippen molar-refractivity contribution in [1.29, 1.82) is 0 Å². The average molecular weight is 231 g/mol. The minimum absolute atomic E-state index is 0.745. The van der Waals surface area contributed by atoms with Gasteiger partial charge in [-0.2, -0.15) is 5.10 Å². The lowest BCUT2D eigenvalue weighted by molar-refractivity contribution is 0.363. The first-order valence-corrected chi connectivity index (χ1v) is 5.46. The molecule has 0 spiro atoms. The summed E-state index contributed by atoms with van der Waals surface area (Å²) < 4.78 is 0. The van der Waals surface area contributed by atoms with Crippen molar-refractivity contribution in [2.75, 3.05) is 28.2 Å². The summed E-state index contributed by atoms with van der Waals surface area (Å²) in [4.78, 5) is 4.51. The number of rotatable bonds is 2. The highest BCUT2D eigenvalue weighted by atomic mass is 15.5. The van der Waals surface area contributed by atoms with Crippen molar-refractivity contribution in [2.45, 2.75) is 0 Å². The number of hydrogen-bond acceptors (Lipinski definition) is 4. The van der Waals surface area contributed by atoms with E-state index < -0.39 is 0 Å². The smallest absolute Gasteiger partial charge is 0.181 e. The Labute approximate surface area is 101 Å². The Kier molecular flexibility index (Phi) is 3.10. The summed E-state index contributed by atoms with van der Waals surface area (Å²) in [6.07, 6.45) is 0. The predicted octanol–water partition coefficient (Wildman–Crippen LogP) is 0.736. The fourth-order valence-corrected chi connectivity index (χ4v) is 1.67. The molecule has 5 heteroatoms. The number of hydrazone groups is 1. The van der Waals surface area contributed by atoms with Gasteiger partial charge in [-0.15, -0.1) is 0 Å². The topological polar surface area (TPSA) is 43.2 Å². The molecule has 0 fully saturated rings. The first-order chi connectivity index (χ1) is 8.08. The van der Waals surface area contributed by atoms with Crippen LogP contribution in [0.15, 0.2) is 34.4 Å². The highest BCUT2D eigenvalue weighted by Crippen LogP contribution is 2.18. The third-order valence-corrected chi connectivity index (χ3v) is 2.27. The lowest BCUT2D eigenvalue weighted by atomic mass is 10.1. The van der Waals surface area contributed by atoms with E-state index in [1.54, 1.807) is 5.01 Å². The maximum atomic E-state index is 4.51. The maximum Gasteiger partial charge on any atom is 0.181 e. The first kappa shape index (κ1) is 11.6. The van der Waals surface area contributed by atoms with Gasteiger partial charge in [0.2, 0.25) is 0 Å². The van der Waals surface area contributed by atoms with E-state index in [9.17, 15) is 0 Å². The molecule has 0 bridgehead atoms. The van der Waals surface area contributed by atoms with Crippen LogP contribution in [-0.4, -0.2) is 49.9 Å². The highest BCUT2D eigenvalue weighted by Gasteiger charge is 2.21. The number of aliphatic imine (C=N–C) groups is 1. The molecule has 2 rings (SSSR count).